The Bertz CT molecular complexity index is 163. The average Bonchev–Trinajstić information content (AvgIpc) is 1.78. The van der Waals surface area contributed by atoms with Crippen molar-refractivity contribution in [3.8, 4) is 0 Å². The van der Waals surface area contributed by atoms with Crippen LogP contribution in [0.4, 0.5) is 17.6 Å². The molecule has 4 unspecified atom stereocenters. The second-order valence-electron chi connectivity index (χ2n) is 4.14. The largest absolute Gasteiger partial charge is 0.394 e. The zero-order valence-corrected chi connectivity index (χ0v) is 7.74. The predicted molar refractivity (Wildman–Crippen MR) is 42.0 cm³/mol. The number of alkyl halides is 4. The lowest BCUT2D eigenvalue weighted by atomic mass is 9.74. The molecule has 0 spiro atoms. The van der Waals surface area contributed by atoms with Gasteiger partial charge >= 0.3 is 6.18 Å². The quantitative estimate of drug-likeness (QED) is 0.522. The van der Waals surface area contributed by atoms with E-state index < -0.39 is 24.2 Å². The average molecular weight is 198 g/mol. The first-order valence-corrected chi connectivity index (χ1v) is 4.53. The monoisotopic (exact) mass is 198 g/mol. The molecule has 0 aromatic rings. The lowest BCUT2D eigenvalue weighted by Crippen LogP contribution is -2.41. The van der Waals surface area contributed by atoms with Crippen molar-refractivity contribution in [1.82, 2.24) is 0 Å². The van der Waals surface area contributed by atoms with Crippen LogP contribution in [0.25, 0.3) is 0 Å². The van der Waals surface area contributed by atoms with Crippen LogP contribution >= 0.6 is 0 Å². The first-order valence-electron chi connectivity index (χ1n) is 4.53. The molecule has 0 aromatic carbocycles. The Kier molecular flexibility index (Phi) is 2.88. The van der Waals surface area contributed by atoms with Crippen molar-refractivity contribution in [2.75, 3.05) is 0 Å². The van der Waals surface area contributed by atoms with Gasteiger partial charge in [-0.25, -0.2) is 4.39 Å². The minimum Gasteiger partial charge on any atom is -0.247 e. The molecule has 0 radical (unpaired) electrons. The maximum atomic E-state index is 13.1. The molecule has 1 saturated carbocycles. The van der Waals surface area contributed by atoms with Gasteiger partial charge in [0.1, 0.15) is 6.17 Å². The summed E-state index contributed by atoms with van der Waals surface area (Å²) in [4.78, 5) is 0. The van der Waals surface area contributed by atoms with Crippen molar-refractivity contribution in [3.63, 3.8) is 0 Å². The highest BCUT2D eigenvalue weighted by molar-refractivity contribution is 4.87. The Labute approximate surface area is 75.3 Å². The summed E-state index contributed by atoms with van der Waals surface area (Å²) in [7, 11) is 0. The van der Waals surface area contributed by atoms with Crippen LogP contribution in [-0.2, 0) is 0 Å². The molecule has 78 valence electrons. The van der Waals surface area contributed by atoms with Gasteiger partial charge in [-0.05, 0) is 24.7 Å². The van der Waals surface area contributed by atoms with E-state index in [0.717, 1.165) is 0 Å². The van der Waals surface area contributed by atoms with Crippen LogP contribution in [0.2, 0.25) is 0 Å². The minimum absolute atomic E-state index is 0.0501. The van der Waals surface area contributed by atoms with Gasteiger partial charge in [-0.15, -0.1) is 0 Å². The Morgan fingerprint density at radius 3 is 2.00 bits per heavy atom. The summed E-state index contributed by atoms with van der Waals surface area (Å²) in [5.41, 5.74) is 0. The van der Waals surface area contributed by atoms with Gasteiger partial charge in [0.2, 0.25) is 0 Å². The van der Waals surface area contributed by atoms with Crippen molar-refractivity contribution < 1.29 is 17.6 Å². The molecule has 1 aliphatic carbocycles. The molecule has 0 aliphatic heterocycles. The molecule has 0 nitrogen and oxygen atoms in total. The summed E-state index contributed by atoms with van der Waals surface area (Å²) in [6, 6.07) is 0. The zero-order chi connectivity index (χ0) is 10.2. The van der Waals surface area contributed by atoms with E-state index in [-0.39, 0.29) is 12.3 Å². The summed E-state index contributed by atoms with van der Waals surface area (Å²) in [5.74, 6) is -2.26. The molecule has 0 aromatic heterocycles. The summed E-state index contributed by atoms with van der Waals surface area (Å²) >= 11 is 0. The van der Waals surface area contributed by atoms with E-state index in [2.05, 4.69) is 0 Å². The topological polar surface area (TPSA) is 0 Å². The number of hydrogen-bond acceptors (Lipinski definition) is 0. The summed E-state index contributed by atoms with van der Waals surface area (Å²) in [6.45, 7) is 3.29. The number of hydrogen-bond donors (Lipinski definition) is 0. The zero-order valence-electron chi connectivity index (χ0n) is 7.74. The third kappa shape index (κ3) is 2.35. The standard InChI is InChI=1S/C9H14F4/c1-5-3-6(2)8(7(10)4-5)9(11,12)13/h5-8H,3-4H2,1-2H3. The third-order valence-corrected chi connectivity index (χ3v) is 2.78. The summed E-state index contributed by atoms with van der Waals surface area (Å²) in [6.07, 6.45) is -5.56. The highest BCUT2D eigenvalue weighted by Gasteiger charge is 2.50. The highest BCUT2D eigenvalue weighted by atomic mass is 19.4. The maximum absolute atomic E-state index is 13.1. The fourth-order valence-electron chi connectivity index (χ4n) is 2.29. The van der Waals surface area contributed by atoms with E-state index in [1.807, 2.05) is 0 Å². The SMILES string of the molecule is CC1CC(C)C(C(F)(F)F)C(F)C1. The van der Waals surface area contributed by atoms with E-state index in [1.54, 1.807) is 6.92 Å². The molecule has 0 N–H and O–H groups in total. The van der Waals surface area contributed by atoms with Crippen LogP contribution in [0.5, 0.6) is 0 Å². The molecule has 13 heavy (non-hydrogen) atoms. The minimum atomic E-state index is -4.38. The van der Waals surface area contributed by atoms with Gasteiger partial charge in [0.15, 0.2) is 0 Å². The number of halogens is 4. The molecule has 0 saturated heterocycles. The van der Waals surface area contributed by atoms with Crippen LogP contribution in [0.15, 0.2) is 0 Å². The molecule has 0 heterocycles. The summed E-state index contributed by atoms with van der Waals surface area (Å²) < 4.78 is 50.1. The smallest absolute Gasteiger partial charge is 0.247 e. The first kappa shape index (κ1) is 10.8. The molecular formula is C9H14F4. The van der Waals surface area contributed by atoms with E-state index in [4.69, 9.17) is 0 Å². The summed E-state index contributed by atoms with van der Waals surface area (Å²) in [5, 5.41) is 0. The van der Waals surface area contributed by atoms with Gasteiger partial charge in [0.05, 0.1) is 5.92 Å². The molecule has 1 fully saturated rings. The van der Waals surface area contributed by atoms with E-state index in [1.165, 1.54) is 6.92 Å². The van der Waals surface area contributed by atoms with Crippen LogP contribution in [0.1, 0.15) is 26.7 Å². The molecular weight excluding hydrogens is 184 g/mol. The van der Waals surface area contributed by atoms with Gasteiger partial charge in [-0.3, -0.25) is 0 Å². The van der Waals surface area contributed by atoms with Crippen LogP contribution < -0.4 is 0 Å². The fourth-order valence-corrected chi connectivity index (χ4v) is 2.29. The fraction of sp³-hybridized carbons (Fsp3) is 1.00. The second-order valence-corrected chi connectivity index (χ2v) is 4.14. The molecule has 0 amide bonds. The molecule has 4 heteroatoms. The van der Waals surface area contributed by atoms with Gasteiger partial charge < -0.3 is 0 Å². The lowest BCUT2D eigenvalue weighted by molar-refractivity contribution is -0.214. The Morgan fingerprint density at radius 2 is 1.62 bits per heavy atom. The Hall–Kier alpha value is -0.280. The second kappa shape index (κ2) is 3.46. The first-order chi connectivity index (χ1) is 5.82. The lowest BCUT2D eigenvalue weighted by Gasteiger charge is -2.36. The van der Waals surface area contributed by atoms with Gasteiger partial charge in [0.25, 0.3) is 0 Å². The van der Waals surface area contributed by atoms with Crippen molar-refractivity contribution in [3.05, 3.63) is 0 Å². The van der Waals surface area contributed by atoms with Gasteiger partial charge in [-0.2, -0.15) is 13.2 Å². The Morgan fingerprint density at radius 1 is 1.08 bits per heavy atom. The van der Waals surface area contributed by atoms with Crippen LogP contribution in [-0.4, -0.2) is 12.3 Å². The number of rotatable bonds is 0. The van der Waals surface area contributed by atoms with E-state index >= 15 is 0 Å². The van der Waals surface area contributed by atoms with Crippen molar-refractivity contribution in [2.24, 2.45) is 17.8 Å². The molecule has 0 bridgehead atoms. The Balaban J connectivity index is 2.73. The van der Waals surface area contributed by atoms with Crippen molar-refractivity contribution in [1.29, 1.82) is 0 Å². The molecule has 1 rings (SSSR count). The van der Waals surface area contributed by atoms with E-state index in [9.17, 15) is 17.6 Å². The van der Waals surface area contributed by atoms with Gasteiger partial charge in [0, 0.05) is 0 Å². The van der Waals surface area contributed by atoms with Gasteiger partial charge in [-0.1, -0.05) is 13.8 Å². The van der Waals surface area contributed by atoms with Crippen molar-refractivity contribution >= 4 is 0 Å². The normalized spacial score (nSPS) is 42.0. The molecule has 1 aliphatic rings. The van der Waals surface area contributed by atoms with Crippen LogP contribution in [0, 0.1) is 17.8 Å². The van der Waals surface area contributed by atoms with Crippen LogP contribution in [0.3, 0.4) is 0 Å². The molecule has 4 atom stereocenters. The highest BCUT2D eigenvalue weighted by Crippen LogP contribution is 2.44. The van der Waals surface area contributed by atoms with E-state index in [0.29, 0.717) is 6.42 Å². The maximum Gasteiger partial charge on any atom is 0.394 e. The third-order valence-electron chi connectivity index (χ3n) is 2.78. The van der Waals surface area contributed by atoms with Crippen molar-refractivity contribution in [2.45, 2.75) is 39.0 Å². The predicted octanol–water partition coefficient (Wildman–Crippen LogP) is 3.57.